The van der Waals surface area contributed by atoms with Gasteiger partial charge in [0.25, 0.3) is 0 Å². The fraction of sp³-hybridized carbons (Fsp3) is 1.00. The van der Waals surface area contributed by atoms with E-state index in [-0.39, 0.29) is 6.04 Å². The van der Waals surface area contributed by atoms with Crippen LogP contribution in [0.5, 0.6) is 0 Å². The van der Waals surface area contributed by atoms with Crippen LogP contribution in [0.15, 0.2) is 0 Å². The maximum atomic E-state index is 10.3. The molecule has 0 heterocycles. The Hall–Kier alpha value is 0.0700. The molecule has 1 fully saturated rings. The highest BCUT2D eigenvalue weighted by atomic mass is 32.2. The summed E-state index contributed by atoms with van der Waals surface area (Å²) in [6.45, 7) is 0. The van der Waals surface area contributed by atoms with Crippen molar-refractivity contribution in [1.82, 2.24) is 4.72 Å². The fourth-order valence-corrected chi connectivity index (χ4v) is 2.04. The maximum Gasteiger partial charge on any atom is 0.0184 e. The SMILES string of the molecule is O=S([O-])NC1CCCCCC1. The van der Waals surface area contributed by atoms with Gasteiger partial charge in [-0.2, -0.15) is 0 Å². The largest absolute Gasteiger partial charge is 0.760 e. The van der Waals surface area contributed by atoms with Crippen molar-refractivity contribution in [3.05, 3.63) is 0 Å². The normalized spacial score (nSPS) is 24.5. The van der Waals surface area contributed by atoms with E-state index in [9.17, 15) is 8.76 Å². The first-order chi connectivity index (χ1) is 5.29. The van der Waals surface area contributed by atoms with E-state index in [1.165, 1.54) is 12.8 Å². The average Bonchev–Trinajstić information content (AvgIpc) is 2.14. The summed E-state index contributed by atoms with van der Waals surface area (Å²) in [6, 6.07) is 0.204. The van der Waals surface area contributed by atoms with Crippen molar-refractivity contribution >= 4 is 11.3 Å². The summed E-state index contributed by atoms with van der Waals surface area (Å²) in [6.07, 6.45) is 6.85. The van der Waals surface area contributed by atoms with E-state index >= 15 is 0 Å². The van der Waals surface area contributed by atoms with Crippen LogP contribution in [-0.2, 0) is 11.3 Å². The topological polar surface area (TPSA) is 52.2 Å². The Balaban J connectivity index is 2.25. The summed E-state index contributed by atoms with van der Waals surface area (Å²) in [4.78, 5) is 0. The van der Waals surface area contributed by atoms with Crippen LogP contribution < -0.4 is 4.72 Å². The Morgan fingerprint density at radius 2 is 1.73 bits per heavy atom. The molecule has 0 radical (unpaired) electrons. The molecule has 0 aromatic rings. The Morgan fingerprint density at radius 1 is 1.18 bits per heavy atom. The highest BCUT2D eigenvalue weighted by Crippen LogP contribution is 2.16. The van der Waals surface area contributed by atoms with E-state index in [2.05, 4.69) is 4.72 Å². The summed E-state index contributed by atoms with van der Waals surface area (Å²) >= 11 is -2.07. The molecule has 4 heteroatoms. The van der Waals surface area contributed by atoms with Crippen LogP contribution in [0.4, 0.5) is 0 Å². The molecule has 1 aliphatic carbocycles. The van der Waals surface area contributed by atoms with Gasteiger partial charge in [0, 0.05) is 17.3 Å². The highest BCUT2D eigenvalue weighted by molar-refractivity contribution is 7.77. The zero-order valence-corrected chi connectivity index (χ0v) is 7.36. The van der Waals surface area contributed by atoms with Gasteiger partial charge in [0.2, 0.25) is 0 Å². The van der Waals surface area contributed by atoms with Crippen LogP contribution >= 0.6 is 0 Å². The van der Waals surface area contributed by atoms with Gasteiger partial charge in [-0.1, -0.05) is 25.7 Å². The molecule has 0 aromatic heterocycles. The Bertz CT molecular complexity index is 132. The third-order valence-corrected chi connectivity index (χ3v) is 2.64. The minimum atomic E-state index is -2.07. The lowest BCUT2D eigenvalue weighted by atomic mass is 10.1. The molecule has 1 saturated carbocycles. The summed E-state index contributed by atoms with van der Waals surface area (Å²) in [5.41, 5.74) is 0. The van der Waals surface area contributed by atoms with E-state index < -0.39 is 11.3 Å². The zero-order valence-electron chi connectivity index (χ0n) is 6.54. The number of hydrogen-bond donors (Lipinski definition) is 1. The van der Waals surface area contributed by atoms with Crippen molar-refractivity contribution in [2.24, 2.45) is 0 Å². The fourth-order valence-electron chi connectivity index (χ4n) is 1.53. The molecule has 66 valence electrons. The van der Waals surface area contributed by atoms with E-state index in [1.807, 2.05) is 0 Å². The molecule has 3 nitrogen and oxygen atoms in total. The van der Waals surface area contributed by atoms with Gasteiger partial charge >= 0.3 is 0 Å². The van der Waals surface area contributed by atoms with E-state index in [0.29, 0.717) is 0 Å². The van der Waals surface area contributed by atoms with Gasteiger partial charge in [0.1, 0.15) is 0 Å². The summed E-state index contributed by atoms with van der Waals surface area (Å²) in [7, 11) is 0. The van der Waals surface area contributed by atoms with Gasteiger partial charge < -0.3 is 4.55 Å². The standard InChI is InChI=1S/C7H15NO2S/c9-11(10)8-7-5-3-1-2-4-6-7/h7-8H,1-6H2,(H,9,10)/p-1. The van der Waals surface area contributed by atoms with Crippen molar-refractivity contribution in [3.63, 3.8) is 0 Å². The predicted molar refractivity (Wildman–Crippen MR) is 43.5 cm³/mol. The Kier molecular flexibility index (Phi) is 4.04. The van der Waals surface area contributed by atoms with Gasteiger partial charge in [0.15, 0.2) is 0 Å². The monoisotopic (exact) mass is 176 g/mol. The van der Waals surface area contributed by atoms with Crippen LogP contribution in [0.1, 0.15) is 38.5 Å². The van der Waals surface area contributed by atoms with E-state index in [4.69, 9.17) is 0 Å². The molecule has 0 spiro atoms. The average molecular weight is 176 g/mol. The van der Waals surface area contributed by atoms with Gasteiger partial charge in [-0.25, -0.2) is 4.72 Å². The van der Waals surface area contributed by atoms with Crippen molar-refractivity contribution in [2.45, 2.75) is 44.6 Å². The lowest BCUT2D eigenvalue weighted by Crippen LogP contribution is -2.29. The van der Waals surface area contributed by atoms with Crippen molar-refractivity contribution in [3.8, 4) is 0 Å². The minimum absolute atomic E-state index is 0.204. The molecule has 1 atom stereocenters. The first kappa shape index (κ1) is 9.16. The van der Waals surface area contributed by atoms with E-state index in [0.717, 1.165) is 25.7 Å². The van der Waals surface area contributed by atoms with Crippen LogP contribution in [0, 0.1) is 0 Å². The quantitative estimate of drug-likeness (QED) is 0.506. The predicted octanol–water partition coefficient (Wildman–Crippen LogP) is 1.09. The molecule has 1 aliphatic rings. The second kappa shape index (κ2) is 4.85. The van der Waals surface area contributed by atoms with Crippen LogP contribution in [0.2, 0.25) is 0 Å². The maximum absolute atomic E-state index is 10.3. The summed E-state index contributed by atoms with van der Waals surface area (Å²) < 4.78 is 23.1. The van der Waals surface area contributed by atoms with Crippen LogP contribution in [0.3, 0.4) is 0 Å². The first-order valence-corrected chi connectivity index (χ1v) is 5.22. The first-order valence-electron chi connectivity index (χ1n) is 4.14. The van der Waals surface area contributed by atoms with Crippen LogP contribution in [0.25, 0.3) is 0 Å². The van der Waals surface area contributed by atoms with Crippen molar-refractivity contribution in [2.75, 3.05) is 0 Å². The summed E-state index contributed by atoms with van der Waals surface area (Å²) in [5.74, 6) is 0. The lowest BCUT2D eigenvalue weighted by molar-refractivity contribution is 0.479. The molecule has 0 bridgehead atoms. The molecule has 1 rings (SSSR count). The minimum Gasteiger partial charge on any atom is -0.760 e. The van der Waals surface area contributed by atoms with Crippen LogP contribution in [-0.4, -0.2) is 14.8 Å². The highest BCUT2D eigenvalue weighted by Gasteiger charge is 2.10. The molecule has 0 saturated heterocycles. The second-order valence-electron chi connectivity index (χ2n) is 3.04. The van der Waals surface area contributed by atoms with Gasteiger partial charge in [-0.15, -0.1) is 0 Å². The van der Waals surface area contributed by atoms with Gasteiger partial charge in [0.05, 0.1) is 0 Å². The second-order valence-corrected chi connectivity index (χ2v) is 3.75. The third kappa shape index (κ3) is 3.84. The molecular weight excluding hydrogens is 162 g/mol. The third-order valence-electron chi connectivity index (χ3n) is 2.12. The number of nitrogens with one attached hydrogen (secondary N) is 1. The smallest absolute Gasteiger partial charge is 0.0184 e. The van der Waals surface area contributed by atoms with E-state index in [1.54, 1.807) is 0 Å². The zero-order chi connectivity index (χ0) is 8.10. The molecule has 0 amide bonds. The summed E-state index contributed by atoms with van der Waals surface area (Å²) in [5, 5.41) is 0. The van der Waals surface area contributed by atoms with Crippen molar-refractivity contribution in [1.29, 1.82) is 0 Å². The molecule has 1 N–H and O–H groups in total. The van der Waals surface area contributed by atoms with Gasteiger partial charge in [-0.05, 0) is 12.8 Å². The van der Waals surface area contributed by atoms with Gasteiger partial charge in [-0.3, -0.25) is 4.21 Å². The Labute approximate surface area is 70.0 Å². The number of hydrogen-bond acceptors (Lipinski definition) is 2. The molecule has 0 aliphatic heterocycles. The molecule has 1 unspecified atom stereocenters. The molecule has 0 aromatic carbocycles. The van der Waals surface area contributed by atoms with Crippen molar-refractivity contribution < 1.29 is 8.76 Å². The Morgan fingerprint density at radius 3 is 2.18 bits per heavy atom. The number of rotatable bonds is 2. The molecule has 11 heavy (non-hydrogen) atoms. The lowest BCUT2D eigenvalue weighted by Gasteiger charge is -2.17. The molecular formula is C7H14NO2S-.